The Kier molecular flexibility index (Phi) is 18.7. The average molecular weight is 957 g/mol. The van der Waals surface area contributed by atoms with Gasteiger partial charge in [-0.15, -0.1) is 0 Å². The summed E-state index contributed by atoms with van der Waals surface area (Å²) in [5, 5.41) is 181. The second-order valence-corrected chi connectivity index (χ2v) is 16.2. The molecular weight excluding hydrogens is 896 g/mol. The summed E-state index contributed by atoms with van der Waals surface area (Å²) in [4.78, 5) is 25.4. The predicted molar refractivity (Wildman–Crippen MR) is 197 cm³/mol. The summed E-state index contributed by atoms with van der Waals surface area (Å²) < 4.78 is 50.4. The van der Waals surface area contributed by atoms with Crippen LogP contribution in [-0.4, -0.2) is 291 Å². The number of carbonyl (C=O) groups excluding carboxylic acids is 1. The number of hydrogen-bond acceptors (Lipinski definition) is 28. The van der Waals surface area contributed by atoms with Crippen molar-refractivity contribution in [3.8, 4) is 0 Å². The fourth-order valence-corrected chi connectivity index (χ4v) is 8.16. The van der Waals surface area contributed by atoms with E-state index in [1.165, 1.54) is 0 Å². The first kappa shape index (κ1) is 53.8. The number of aliphatic hydroxyl groups excluding tert-OH is 16. The van der Waals surface area contributed by atoms with Crippen LogP contribution in [0, 0.1) is 0 Å². The van der Waals surface area contributed by atoms with Gasteiger partial charge in [-0.3, -0.25) is 4.79 Å². The minimum atomic E-state index is -3.10. The van der Waals surface area contributed by atoms with E-state index in [4.69, 9.17) is 48.4 Å². The Bertz CT molecular complexity index is 1540. The van der Waals surface area contributed by atoms with Gasteiger partial charge < -0.3 is 140 Å². The van der Waals surface area contributed by atoms with Crippen LogP contribution in [0.15, 0.2) is 0 Å². The zero-order valence-electron chi connectivity index (χ0n) is 34.3. The Morgan fingerprint density at radius 2 is 1.12 bits per heavy atom. The minimum Gasteiger partial charge on any atom is -0.477 e. The number of carboxylic acids is 1. The lowest BCUT2D eigenvalue weighted by molar-refractivity contribution is -0.388. The summed E-state index contributed by atoms with van der Waals surface area (Å²) >= 11 is 0. The van der Waals surface area contributed by atoms with Gasteiger partial charge in [-0.1, -0.05) is 0 Å². The van der Waals surface area contributed by atoms with Gasteiger partial charge in [0.1, 0.15) is 116 Å². The summed E-state index contributed by atoms with van der Waals surface area (Å²) in [6.07, 6.45) is -46.2. The molecule has 5 rings (SSSR count). The van der Waals surface area contributed by atoms with Gasteiger partial charge in [0.05, 0.1) is 45.2 Å². The van der Waals surface area contributed by atoms with E-state index < -0.39 is 210 Å². The van der Waals surface area contributed by atoms with Crippen molar-refractivity contribution in [3.63, 3.8) is 0 Å². The zero-order valence-corrected chi connectivity index (χ0v) is 34.3. The molecule has 5 aliphatic heterocycles. The minimum absolute atomic E-state index is 0.880. The number of hydrogen-bond donors (Lipinski definition) is 19. The second-order valence-electron chi connectivity index (χ2n) is 16.2. The first-order valence-corrected chi connectivity index (χ1v) is 20.3. The molecule has 0 radical (unpaired) electrons. The maximum absolute atomic E-state index is 12.8. The monoisotopic (exact) mass is 956 g/mol. The maximum atomic E-state index is 12.8. The third-order valence-corrected chi connectivity index (χ3v) is 11.8. The Labute approximate surface area is 367 Å². The molecule has 26 atom stereocenters. The molecule has 30 heteroatoms. The van der Waals surface area contributed by atoms with Crippen molar-refractivity contribution >= 4 is 11.9 Å². The summed E-state index contributed by atoms with van der Waals surface area (Å²) in [5.41, 5.74) is 5.91. The SMILES string of the molecule is CC(=O)N[C@H]1[C@H](O[C@@H]2[C@H](O)[C@@H](O)[C@H](O[C@H]3[C@H](O)[C@@H](O)[C@H](O)O[C@@H]3CO)O[C@@H]2CO)O[C@H](CO)[C@H](O)[C@@H]1O[C@@H]1O[C@H](CO)[C@H](O)[C@H](O[C@]2(C(=O)O)C[C@H](O)[C@@H](N)[C@H]([C@H](O)[C@H](O)CO)O2)[C@H]1O. The molecule has 0 unspecified atom stereocenters. The van der Waals surface area contributed by atoms with E-state index in [0.717, 1.165) is 6.92 Å². The van der Waals surface area contributed by atoms with Crippen molar-refractivity contribution in [3.05, 3.63) is 0 Å². The van der Waals surface area contributed by atoms with Crippen LogP contribution in [0.3, 0.4) is 0 Å². The van der Waals surface area contributed by atoms with Crippen LogP contribution in [0.25, 0.3) is 0 Å². The largest absolute Gasteiger partial charge is 0.477 e. The third-order valence-electron chi connectivity index (χ3n) is 11.8. The highest BCUT2D eigenvalue weighted by molar-refractivity contribution is 5.76. The number of carbonyl (C=O) groups is 2. The number of carboxylic acid groups (broad SMARTS) is 1. The van der Waals surface area contributed by atoms with E-state index in [2.05, 4.69) is 5.32 Å². The van der Waals surface area contributed by atoms with E-state index in [-0.39, 0.29) is 0 Å². The highest BCUT2D eigenvalue weighted by Gasteiger charge is 2.60. The molecule has 378 valence electrons. The standard InChI is InChI=1S/C35H60N2O28/c1-8(43)37-16-28(63-33-24(53)29(19(48)12(5-40)59-33)65-35(34(55)56)2-9(44)15(36)27(64-35)17(46)10(45)3-38)18(47)11(4-39)58-31(16)61-26-14(7-42)60-32(23(52)21(26)50)62-25-13(6-41)57-30(54)22(51)20(25)49/h9-33,38-42,44-54H,2-7,36H2,1H3,(H,37,43)(H,55,56)/t9-,10+,11+,12+,13+,14+,15+,16+,17+,18-,19-,20+,21+,22+,23+,24+,25+,26-,27+,28+,29-,30+,31-,32-,33-,35-/m0/s1. The molecule has 0 aliphatic carbocycles. The molecule has 0 spiro atoms. The first-order chi connectivity index (χ1) is 30.6. The number of aliphatic hydroxyl groups is 16. The number of nitrogens with one attached hydrogen (secondary N) is 1. The Morgan fingerprint density at radius 3 is 1.66 bits per heavy atom. The number of amides is 1. The Morgan fingerprint density at radius 1 is 0.646 bits per heavy atom. The fourth-order valence-electron chi connectivity index (χ4n) is 8.16. The lowest BCUT2D eigenvalue weighted by Crippen LogP contribution is -2.71. The number of ether oxygens (including phenoxy) is 9. The normalized spacial score (nSPS) is 48.3. The van der Waals surface area contributed by atoms with Crippen LogP contribution in [0.2, 0.25) is 0 Å². The molecule has 0 aromatic carbocycles. The maximum Gasteiger partial charge on any atom is 0.364 e. The van der Waals surface area contributed by atoms with Gasteiger partial charge in [-0.25, -0.2) is 4.79 Å². The lowest BCUT2D eigenvalue weighted by atomic mass is 9.88. The summed E-state index contributed by atoms with van der Waals surface area (Å²) in [6.45, 7) is -4.11. The molecule has 5 fully saturated rings. The smallest absolute Gasteiger partial charge is 0.364 e. The van der Waals surface area contributed by atoms with Crippen LogP contribution in [0.1, 0.15) is 13.3 Å². The van der Waals surface area contributed by atoms with Crippen molar-refractivity contribution in [2.75, 3.05) is 33.0 Å². The first-order valence-electron chi connectivity index (χ1n) is 20.3. The van der Waals surface area contributed by atoms with Crippen molar-refractivity contribution in [1.29, 1.82) is 0 Å². The topological polar surface area (TPSA) is 499 Å². The van der Waals surface area contributed by atoms with Gasteiger partial charge in [-0.05, 0) is 0 Å². The van der Waals surface area contributed by atoms with Crippen molar-refractivity contribution in [2.45, 2.75) is 172 Å². The Hall–Kier alpha value is -2.10. The van der Waals surface area contributed by atoms with Gasteiger partial charge >= 0.3 is 5.97 Å². The van der Waals surface area contributed by atoms with Gasteiger partial charge in [0, 0.05) is 13.3 Å². The molecule has 5 aliphatic rings. The van der Waals surface area contributed by atoms with Gasteiger partial charge in [-0.2, -0.15) is 0 Å². The molecule has 5 heterocycles. The fraction of sp³-hybridized carbons (Fsp3) is 0.943. The molecule has 0 bridgehead atoms. The van der Waals surface area contributed by atoms with Crippen molar-refractivity contribution in [1.82, 2.24) is 5.32 Å². The van der Waals surface area contributed by atoms with E-state index in [1.807, 2.05) is 0 Å². The van der Waals surface area contributed by atoms with Crippen LogP contribution in [0.4, 0.5) is 0 Å². The molecule has 20 N–H and O–H groups in total. The molecule has 1 amide bonds. The molecule has 30 nitrogen and oxygen atoms in total. The van der Waals surface area contributed by atoms with Crippen LogP contribution < -0.4 is 11.1 Å². The molecule has 65 heavy (non-hydrogen) atoms. The van der Waals surface area contributed by atoms with Crippen LogP contribution in [-0.2, 0) is 52.2 Å². The van der Waals surface area contributed by atoms with Gasteiger partial charge in [0.2, 0.25) is 5.91 Å². The quantitative estimate of drug-likeness (QED) is 0.0643. The molecule has 0 saturated carbocycles. The van der Waals surface area contributed by atoms with Gasteiger partial charge in [0.25, 0.3) is 5.79 Å². The van der Waals surface area contributed by atoms with E-state index in [0.29, 0.717) is 0 Å². The molecular formula is C35H60N2O28. The zero-order chi connectivity index (χ0) is 48.4. The third kappa shape index (κ3) is 11.2. The summed E-state index contributed by atoms with van der Waals surface area (Å²) in [5.74, 6) is -6.00. The van der Waals surface area contributed by atoms with Gasteiger partial charge in [0.15, 0.2) is 25.2 Å². The molecule has 0 aromatic rings. The molecule has 0 aromatic heterocycles. The predicted octanol–water partition coefficient (Wildman–Crippen LogP) is -12.6. The number of aliphatic carboxylic acids is 1. The lowest BCUT2D eigenvalue weighted by Gasteiger charge is -2.51. The van der Waals surface area contributed by atoms with Crippen LogP contribution >= 0.6 is 0 Å². The number of nitrogens with two attached hydrogens (primary N) is 1. The highest BCUT2D eigenvalue weighted by Crippen LogP contribution is 2.39. The summed E-state index contributed by atoms with van der Waals surface area (Å²) in [7, 11) is 0. The van der Waals surface area contributed by atoms with Crippen molar-refractivity contribution in [2.24, 2.45) is 5.73 Å². The van der Waals surface area contributed by atoms with Crippen LogP contribution in [0.5, 0.6) is 0 Å². The summed E-state index contributed by atoms with van der Waals surface area (Å²) in [6, 6.07) is -3.39. The average Bonchev–Trinajstić information content (AvgIpc) is 3.27. The van der Waals surface area contributed by atoms with E-state index in [9.17, 15) is 96.4 Å². The van der Waals surface area contributed by atoms with E-state index >= 15 is 0 Å². The molecule has 5 saturated heterocycles. The second kappa shape index (κ2) is 22.5. The number of rotatable bonds is 17. The highest BCUT2D eigenvalue weighted by atomic mass is 16.8. The van der Waals surface area contributed by atoms with Crippen molar-refractivity contribution < 1.29 is 139 Å². The van der Waals surface area contributed by atoms with E-state index in [1.54, 1.807) is 0 Å². The Balaban J connectivity index is 1.41.